The summed E-state index contributed by atoms with van der Waals surface area (Å²) in [5.41, 5.74) is 0.587. The van der Waals surface area contributed by atoms with Crippen molar-refractivity contribution in [1.29, 1.82) is 0 Å². The van der Waals surface area contributed by atoms with Crippen molar-refractivity contribution in [3.05, 3.63) is 46.8 Å². The highest BCUT2D eigenvalue weighted by molar-refractivity contribution is 5.83. The number of fused-ring (bicyclic) bond motifs is 1. The fraction of sp³-hybridized carbons (Fsp3) is 0.476. The van der Waals surface area contributed by atoms with Gasteiger partial charge in [-0.25, -0.2) is 0 Å². The number of amides is 2. The molecule has 2 aromatic rings. The summed E-state index contributed by atoms with van der Waals surface area (Å²) in [5.74, 6) is -0.00950. The number of pyridine rings is 1. The Labute approximate surface area is 158 Å². The minimum absolute atomic E-state index is 0.0187. The van der Waals surface area contributed by atoms with Gasteiger partial charge in [-0.05, 0) is 43.2 Å². The average Bonchev–Trinajstić information content (AvgIpc) is 3.24. The van der Waals surface area contributed by atoms with Crippen molar-refractivity contribution in [1.82, 2.24) is 14.4 Å². The van der Waals surface area contributed by atoms with Gasteiger partial charge in [-0.3, -0.25) is 19.0 Å². The van der Waals surface area contributed by atoms with Gasteiger partial charge in [0.05, 0.1) is 11.4 Å². The van der Waals surface area contributed by atoms with E-state index in [-0.39, 0.29) is 29.8 Å². The van der Waals surface area contributed by atoms with E-state index in [1.807, 2.05) is 29.2 Å². The lowest BCUT2D eigenvalue weighted by molar-refractivity contribution is -0.140. The van der Waals surface area contributed by atoms with E-state index in [0.29, 0.717) is 13.1 Å². The van der Waals surface area contributed by atoms with Crippen molar-refractivity contribution < 1.29 is 9.59 Å². The molecule has 0 N–H and O–H groups in total. The molecule has 2 saturated heterocycles. The summed E-state index contributed by atoms with van der Waals surface area (Å²) in [6.07, 6.45) is 3.82. The average molecular weight is 367 g/mol. The van der Waals surface area contributed by atoms with E-state index in [4.69, 9.17) is 0 Å². The second-order valence-corrected chi connectivity index (χ2v) is 7.53. The molecule has 0 bridgehead atoms. The van der Waals surface area contributed by atoms with Crippen LogP contribution in [0.1, 0.15) is 25.7 Å². The van der Waals surface area contributed by atoms with Crippen LogP contribution in [0, 0.1) is 5.92 Å². The first-order valence-corrected chi connectivity index (χ1v) is 9.78. The van der Waals surface area contributed by atoms with Crippen molar-refractivity contribution in [2.24, 2.45) is 5.92 Å². The second-order valence-electron chi connectivity index (χ2n) is 7.53. The molecule has 3 heterocycles. The molecule has 0 unspecified atom stereocenters. The fourth-order valence-electron chi connectivity index (χ4n) is 4.24. The first-order valence-electron chi connectivity index (χ1n) is 9.78. The van der Waals surface area contributed by atoms with Crippen molar-refractivity contribution in [2.45, 2.75) is 32.2 Å². The van der Waals surface area contributed by atoms with E-state index in [1.54, 1.807) is 11.0 Å². The monoisotopic (exact) mass is 367 g/mol. The molecule has 27 heavy (non-hydrogen) atoms. The van der Waals surface area contributed by atoms with E-state index in [2.05, 4.69) is 0 Å². The summed E-state index contributed by atoms with van der Waals surface area (Å²) >= 11 is 0. The van der Waals surface area contributed by atoms with E-state index in [9.17, 15) is 14.4 Å². The maximum absolute atomic E-state index is 12.9. The third-order valence-electron chi connectivity index (χ3n) is 5.73. The lowest BCUT2D eigenvalue weighted by atomic mass is 9.96. The number of hydrogen-bond donors (Lipinski definition) is 0. The highest BCUT2D eigenvalue weighted by Gasteiger charge is 2.32. The number of benzene rings is 1. The first kappa shape index (κ1) is 17.8. The molecule has 2 aliphatic heterocycles. The van der Waals surface area contributed by atoms with Gasteiger partial charge in [0, 0.05) is 32.2 Å². The quantitative estimate of drug-likeness (QED) is 0.832. The lowest BCUT2D eigenvalue weighted by Gasteiger charge is -2.34. The van der Waals surface area contributed by atoms with Gasteiger partial charge in [0.15, 0.2) is 0 Å². The Morgan fingerprint density at radius 1 is 0.926 bits per heavy atom. The molecule has 142 valence electrons. The van der Waals surface area contributed by atoms with Crippen LogP contribution in [0.25, 0.3) is 10.9 Å². The van der Waals surface area contributed by atoms with Crippen LogP contribution < -0.4 is 5.56 Å². The third-order valence-corrected chi connectivity index (χ3v) is 5.73. The van der Waals surface area contributed by atoms with Crippen LogP contribution in [0.4, 0.5) is 0 Å². The smallest absolute Gasteiger partial charge is 0.251 e. The van der Waals surface area contributed by atoms with Gasteiger partial charge in [0.25, 0.3) is 5.56 Å². The number of carbonyl (C=O) groups is 2. The van der Waals surface area contributed by atoms with Gasteiger partial charge in [-0.2, -0.15) is 0 Å². The minimum Gasteiger partial charge on any atom is -0.342 e. The molecule has 4 rings (SSSR count). The molecule has 2 aliphatic rings. The van der Waals surface area contributed by atoms with Crippen molar-refractivity contribution >= 4 is 22.7 Å². The Kier molecular flexibility index (Phi) is 4.97. The van der Waals surface area contributed by atoms with Gasteiger partial charge >= 0.3 is 0 Å². The normalized spacial score (nSPS) is 20.2. The predicted octanol–water partition coefficient (Wildman–Crippen LogP) is 1.86. The van der Waals surface area contributed by atoms with Crippen molar-refractivity contribution in [3.8, 4) is 0 Å². The van der Waals surface area contributed by atoms with Crippen LogP contribution in [0.15, 0.2) is 41.2 Å². The summed E-state index contributed by atoms with van der Waals surface area (Å²) in [4.78, 5) is 41.6. The molecular formula is C21H25N3O3. The van der Waals surface area contributed by atoms with Gasteiger partial charge < -0.3 is 9.80 Å². The highest BCUT2D eigenvalue weighted by atomic mass is 16.2. The molecule has 0 aliphatic carbocycles. The molecule has 1 atom stereocenters. The molecule has 2 fully saturated rings. The van der Waals surface area contributed by atoms with Crippen molar-refractivity contribution in [3.63, 3.8) is 0 Å². The van der Waals surface area contributed by atoms with E-state index < -0.39 is 0 Å². The van der Waals surface area contributed by atoms with Gasteiger partial charge in [-0.15, -0.1) is 0 Å². The largest absolute Gasteiger partial charge is 0.342 e. The number of para-hydroxylation sites is 1. The summed E-state index contributed by atoms with van der Waals surface area (Å²) < 4.78 is 1.53. The number of likely N-dealkylation sites (tertiary alicyclic amines) is 2. The SMILES string of the molecule is O=C(Cn1c(=O)ccc2ccccc21)N1CCC[C@@H](C(=O)N2CCCC2)C1. The van der Waals surface area contributed by atoms with E-state index in [1.165, 1.54) is 10.6 Å². The number of piperidine rings is 1. The minimum atomic E-state index is -0.177. The Morgan fingerprint density at radius 3 is 2.48 bits per heavy atom. The van der Waals surface area contributed by atoms with Gasteiger partial charge in [0.2, 0.25) is 11.8 Å². The number of rotatable bonds is 3. The van der Waals surface area contributed by atoms with Crippen LogP contribution >= 0.6 is 0 Å². The molecule has 0 saturated carbocycles. The predicted molar refractivity (Wildman–Crippen MR) is 103 cm³/mol. The summed E-state index contributed by atoms with van der Waals surface area (Å²) in [6, 6.07) is 10.9. The molecular weight excluding hydrogens is 342 g/mol. The summed E-state index contributed by atoms with van der Waals surface area (Å²) in [7, 11) is 0. The fourth-order valence-corrected chi connectivity index (χ4v) is 4.24. The lowest BCUT2D eigenvalue weighted by Crippen LogP contribution is -2.47. The van der Waals surface area contributed by atoms with E-state index in [0.717, 1.165) is 49.7 Å². The van der Waals surface area contributed by atoms with Crippen LogP contribution in [0.5, 0.6) is 0 Å². The Balaban J connectivity index is 1.49. The Bertz CT molecular complexity index is 914. The molecule has 2 amide bonds. The molecule has 0 radical (unpaired) electrons. The zero-order valence-electron chi connectivity index (χ0n) is 15.5. The maximum atomic E-state index is 12.9. The van der Waals surface area contributed by atoms with Gasteiger partial charge in [-0.1, -0.05) is 18.2 Å². The van der Waals surface area contributed by atoms with Crippen LogP contribution in [0.2, 0.25) is 0 Å². The second kappa shape index (κ2) is 7.55. The van der Waals surface area contributed by atoms with Crippen molar-refractivity contribution in [2.75, 3.05) is 26.2 Å². The van der Waals surface area contributed by atoms with Crippen LogP contribution in [-0.2, 0) is 16.1 Å². The molecule has 6 nitrogen and oxygen atoms in total. The zero-order valence-corrected chi connectivity index (χ0v) is 15.5. The zero-order chi connectivity index (χ0) is 18.8. The van der Waals surface area contributed by atoms with E-state index >= 15 is 0 Å². The molecule has 6 heteroatoms. The van der Waals surface area contributed by atoms with Crippen LogP contribution in [-0.4, -0.2) is 52.4 Å². The number of carbonyl (C=O) groups excluding carboxylic acids is 2. The molecule has 0 spiro atoms. The summed E-state index contributed by atoms with van der Waals surface area (Å²) in [6.45, 7) is 2.82. The Morgan fingerprint density at radius 2 is 1.67 bits per heavy atom. The summed E-state index contributed by atoms with van der Waals surface area (Å²) in [5, 5.41) is 0.936. The number of nitrogens with zero attached hydrogens (tertiary/aromatic N) is 3. The maximum Gasteiger partial charge on any atom is 0.251 e. The van der Waals surface area contributed by atoms with Crippen LogP contribution in [0.3, 0.4) is 0 Å². The molecule has 1 aromatic heterocycles. The highest BCUT2D eigenvalue weighted by Crippen LogP contribution is 2.22. The first-order chi connectivity index (χ1) is 13.1. The number of aromatic nitrogens is 1. The topological polar surface area (TPSA) is 62.6 Å². The molecule has 1 aromatic carbocycles. The Hall–Kier alpha value is -2.63. The standard InChI is InChI=1S/C21H25N3O3/c25-19-10-9-16-6-1-2-8-18(16)24(19)15-20(26)23-13-5-7-17(14-23)21(27)22-11-3-4-12-22/h1-2,6,8-10,17H,3-5,7,11-15H2/t17-/m1/s1. The third kappa shape index (κ3) is 3.61. The number of hydrogen-bond acceptors (Lipinski definition) is 3. The van der Waals surface area contributed by atoms with Gasteiger partial charge in [0.1, 0.15) is 6.54 Å².